The Kier molecular flexibility index (Phi) is 8.37. The number of thiazole rings is 1. The largest absolute Gasteiger partial charge is 0.389 e. The Labute approximate surface area is 187 Å². The number of rotatable bonds is 10. The fraction of sp³-hybridized carbons (Fsp3) is 0.389. The number of amides is 1. The summed E-state index contributed by atoms with van der Waals surface area (Å²) in [5.41, 5.74) is 0.235. The maximum atomic E-state index is 13.2. The van der Waals surface area contributed by atoms with Crippen LogP contribution in [0.3, 0.4) is 0 Å². The van der Waals surface area contributed by atoms with E-state index < -0.39 is 21.1 Å². The van der Waals surface area contributed by atoms with E-state index in [0.29, 0.717) is 48.8 Å². The summed E-state index contributed by atoms with van der Waals surface area (Å²) in [7, 11) is -3.67. The molecule has 0 radical (unpaired) electrons. The van der Waals surface area contributed by atoms with Gasteiger partial charge in [0, 0.05) is 24.3 Å². The number of ether oxygens (including phenoxy) is 1. The van der Waals surface area contributed by atoms with Crippen LogP contribution in [0.4, 0.5) is 9.52 Å². The summed E-state index contributed by atoms with van der Waals surface area (Å²) < 4.78 is 45.6. The summed E-state index contributed by atoms with van der Waals surface area (Å²) in [6.07, 6.45) is 3.22. The molecule has 2 aromatic rings. The standard InChI is InChI=1S/C18H21FN4O5S3/c1-29-9-7-21-31(25,26)14-4-2-12(3-5-14)16(23-28-13-6-8-27-11-13)17(24)22-18-20-10-15(19)30-18/h2-5,10,13,21H,6-9,11H2,1H3,(H,20,22,24)/b23-16+/t13-/m1/s1. The maximum Gasteiger partial charge on any atom is 0.280 e. The van der Waals surface area contributed by atoms with Gasteiger partial charge in [0.15, 0.2) is 22.1 Å². The molecule has 0 spiro atoms. The van der Waals surface area contributed by atoms with Crippen molar-refractivity contribution < 1.29 is 27.2 Å². The van der Waals surface area contributed by atoms with Crippen LogP contribution >= 0.6 is 23.1 Å². The topological polar surface area (TPSA) is 119 Å². The van der Waals surface area contributed by atoms with Gasteiger partial charge in [-0.1, -0.05) is 28.6 Å². The molecule has 0 saturated carbocycles. The third kappa shape index (κ3) is 6.71. The number of carbonyl (C=O) groups is 1. The van der Waals surface area contributed by atoms with E-state index in [2.05, 4.69) is 20.2 Å². The Balaban J connectivity index is 1.80. The van der Waals surface area contributed by atoms with Crippen LogP contribution in [0, 0.1) is 5.13 Å². The molecule has 0 bridgehead atoms. The van der Waals surface area contributed by atoms with E-state index in [1.807, 2.05) is 6.26 Å². The minimum absolute atomic E-state index is 0.0595. The Morgan fingerprint density at radius 3 is 2.81 bits per heavy atom. The number of thioether (sulfide) groups is 1. The monoisotopic (exact) mass is 488 g/mol. The van der Waals surface area contributed by atoms with Crippen molar-refractivity contribution in [3.63, 3.8) is 0 Å². The van der Waals surface area contributed by atoms with E-state index >= 15 is 0 Å². The first-order valence-electron chi connectivity index (χ1n) is 9.22. The average Bonchev–Trinajstić information content (AvgIpc) is 3.40. The number of nitrogens with zero attached hydrogens (tertiary/aromatic N) is 2. The lowest BCUT2D eigenvalue weighted by molar-refractivity contribution is -0.110. The summed E-state index contributed by atoms with van der Waals surface area (Å²) in [4.78, 5) is 22.0. The van der Waals surface area contributed by atoms with E-state index in [-0.39, 0.29) is 21.8 Å². The summed E-state index contributed by atoms with van der Waals surface area (Å²) >= 11 is 2.20. The van der Waals surface area contributed by atoms with Crippen LogP contribution in [0.5, 0.6) is 0 Å². The number of halogens is 1. The average molecular weight is 489 g/mol. The van der Waals surface area contributed by atoms with Gasteiger partial charge in [-0.3, -0.25) is 10.1 Å². The van der Waals surface area contributed by atoms with Gasteiger partial charge in [-0.05, 0) is 18.4 Å². The first-order chi connectivity index (χ1) is 14.9. The fourth-order valence-electron chi connectivity index (χ4n) is 2.57. The van der Waals surface area contributed by atoms with Crippen LogP contribution in [0.2, 0.25) is 0 Å². The van der Waals surface area contributed by atoms with Crippen molar-refractivity contribution in [2.45, 2.75) is 17.4 Å². The SMILES string of the molecule is CSCCNS(=O)(=O)c1ccc(/C(=N\O[C@@H]2CCOC2)C(=O)Nc2ncc(F)s2)cc1. The van der Waals surface area contributed by atoms with E-state index in [1.54, 1.807) is 0 Å². The van der Waals surface area contributed by atoms with Gasteiger partial charge >= 0.3 is 0 Å². The maximum absolute atomic E-state index is 13.2. The number of anilines is 1. The Morgan fingerprint density at radius 1 is 1.42 bits per heavy atom. The molecule has 1 aliphatic heterocycles. The van der Waals surface area contributed by atoms with Crippen molar-refractivity contribution in [2.24, 2.45) is 5.16 Å². The summed E-state index contributed by atoms with van der Waals surface area (Å²) in [6, 6.07) is 5.67. The Morgan fingerprint density at radius 2 is 2.19 bits per heavy atom. The van der Waals surface area contributed by atoms with E-state index in [9.17, 15) is 17.6 Å². The molecule has 168 valence electrons. The summed E-state index contributed by atoms with van der Waals surface area (Å²) in [5, 5.41) is 5.96. The number of nitrogens with one attached hydrogen (secondary N) is 2. The molecule has 1 amide bonds. The van der Waals surface area contributed by atoms with Gasteiger partial charge in [0.25, 0.3) is 5.91 Å². The van der Waals surface area contributed by atoms with Gasteiger partial charge in [-0.2, -0.15) is 16.2 Å². The molecular formula is C18H21FN4O5S3. The van der Waals surface area contributed by atoms with Crippen LogP contribution in [-0.2, 0) is 24.4 Å². The molecule has 1 aromatic heterocycles. The fourth-order valence-corrected chi connectivity index (χ4v) is 4.58. The molecule has 3 rings (SSSR count). The zero-order valence-corrected chi connectivity index (χ0v) is 19.0. The highest BCUT2D eigenvalue weighted by atomic mass is 32.2. The smallest absolute Gasteiger partial charge is 0.280 e. The number of hydrogen-bond donors (Lipinski definition) is 2. The minimum Gasteiger partial charge on any atom is -0.389 e. The quantitative estimate of drug-likeness (QED) is 0.299. The number of sulfonamides is 1. The second-order valence-corrected chi connectivity index (χ2v) is 10.1. The van der Waals surface area contributed by atoms with Crippen LogP contribution in [0.15, 0.2) is 40.5 Å². The van der Waals surface area contributed by atoms with Gasteiger partial charge < -0.3 is 9.57 Å². The minimum atomic E-state index is -3.67. The van der Waals surface area contributed by atoms with Crippen molar-refractivity contribution in [3.8, 4) is 0 Å². The van der Waals surface area contributed by atoms with E-state index in [0.717, 1.165) is 6.20 Å². The van der Waals surface area contributed by atoms with Crippen molar-refractivity contribution >= 4 is 49.9 Å². The van der Waals surface area contributed by atoms with Gasteiger partial charge in [0.2, 0.25) is 10.0 Å². The number of hydrogen-bond acceptors (Lipinski definition) is 9. The van der Waals surface area contributed by atoms with Crippen molar-refractivity contribution in [3.05, 3.63) is 41.2 Å². The van der Waals surface area contributed by atoms with Gasteiger partial charge in [-0.25, -0.2) is 18.1 Å². The highest BCUT2D eigenvalue weighted by molar-refractivity contribution is 7.98. The van der Waals surface area contributed by atoms with Gasteiger partial charge in [0.05, 0.1) is 24.3 Å². The molecule has 1 aliphatic rings. The Hall–Kier alpha value is -2.06. The molecule has 2 heterocycles. The van der Waals surface area contributed by atoms with Gasteiger partial charge in [-0.15, -0.1) is 0 Å². The van der Waals surface area contributed by atoms with E-state index in [4.69, 9.17) is 9.57 Å². The lowest BCUT2D eigenvalue weighted by Gasteiger charge is -2.11. The summed E-state index contributed by atoms with van der Waals surface area (Å²) in [6.45, 7) is 1.20. The highest BCUT2D eigenvalue weighted by Crippen LogP contribution is 2.18. The molecular weight excluding hydrogens is 467 g/mol. The van der Waals surface area contributed by atoms with Crippen LogP contribution in [0.1, 0.15) is 12.0 Å². The third-order valence-electron chi connectivity index (χ3n) is 4.13. The van der Waals surface area contributed by atoms with Crippen molar-refractivity contribution in [2.75, 3.05) is 37.1 Å². The van der Waals surface area contributed by atoms with Crippen LogP contribution < -0.4 is 10.0 Å². The number of oxime groups is 1. The predicted molar refractivity (Wildman–Crippen MR) is 118 cm³/mol. The second-order valence-electron chi connectivity index (χ2n) is 6.37. The van der Waals surface area contributed by atoms with Crippen molar-refractivity contribution in [1.82, 2.24) is 9.71 Å². The lowest BCUT2D eigenvalue weighted by Crippen LogP contribution is -2.27. The third-order valence-corrected chi connectivity index (χ3v) is 6.92. The number of benzene rings is 1. The van der Waals surface area contributed by atoms with E-state index in [1.165, 1.54) is 36.0 Å². The molecule has 1 aromatic carbocycles. The predicted octanol–water partition coefficient (Wildman–Crippen LogP) is 2.07. The number of aromatic nitrogens is 1. The zero-order valence-electron chi connectivity index (χ0n) is 16.5. The molecule has 0 aliphatic carbocycles. The molecule has 1 saturated heterocycles. The van der Waals surface area contributed by atoms with Crippen LogP contribution in [0.25, 0.3) is 0 Å². The molecule has 1 fully saturated rings. The zero-order chi connectivity index (χ0) is 22.3. The molecule has 0 unspecified atom stereocenters. The first-order valence-corrected chi connectivity index (χ1v) is 12.9. The lowest BCUT2D eigenvalue weighted by atomic mass is 10.1. The molecule has 1 atom stereocenters. The Bertz CT molecular complexity index is 1020. The normalized spacial score (nSPS) is 17.0. The molecule has 31 heavy (non-hydrogen) atoms. The molecule has 9 nitrogen and oxygen atoms in total. The van der Waals surface area contributed by atoms with Gasteiger partial charge in [0.1, 0.15) is 0 Å². The number of carbonyl (C=O) groups excluding carboxylic acids is 1. The molecule has 2 N–H and O–H groups in total. The summed E-state index contributed by atoms with van der Waals surface area (Å²) in [5.74, 6) is -0.0182. The second kappa shape index (κ2) is 11.0. The first kappa shape index (κ1) is 23.6. The van der Waals surface area contributed by atoms with Crippen LogP contribution in [-0.4, -0.2) is 62.9 Å². The van der Waals surface area contributed by atoms with Crippen molar-refractivity contribution in [1.29, 1.82) is 0 Å². The highest BCUT2D eigenvalue weighted by Gasteiger charge is 2.22. The molecule has 13 heteroatoms.